The average Bonchev–Trinajstić information content (AvgIpc) is 2.22. The Bertz CT molecular complexity index is 343. The van der Waals surface area contributed by atoms with Crippen LogP contribution < -0.4 is 0 Å². The van der Waals surface area contributed by atoms with Gasteiger partial charge in [-0.3, -0.25) is 0 Å². The average molecular weight is 433 g/mol. The molecule has 0 bridgehead atoms. The van der Waals surface area contributed by atoms with Crippen molar-refractivity contribution in [2.75, 3.05) is 0 Å². The van der Waals surface area contributed by atoms with Gasteiger partial charge in [-0.05, 0) is 0 Å². The first kappa shape index (κ1) is 22.7. The Labute approximate surface area is 153 Å². The van der Waals surface area contributed by atoms with Gasteiger partial charge in [0.2, 0.25) is 0 Å². The molecule has 0 aromatic heterocycles. The number of carbonyl (C=O) groups excluding carboxylic acids is 2. The summed E-state index contributed by atoms with van der Waals surface area (Å²) in [6.07, 6.45) is 2.74. The second-order valence-corrected chi connectivity index (χ2v) is 10.8. The molecule has 0 rings (SSSR count). The summed E-state index contributed by atoms with van der Waals surface area (Å²) in [4.78, 5) is 23.5. The maximum atomic E-state index is 11.8. The van der Waals surface area contributed by atoms with E-state index >= 15 is 0 Å². The Morgan fingerprint density at radius 1 is 0.783 bits per heavy atom. The van der Waals surface area contributed by atoms with Crippen LogP contribution in [0.3, 0.4) is 0 Å². The summed E-state index contributed by atoms with van der Waals surface area (Å²) < 4.78 is 10.3. The standard InChI is InChI=1S/2C9H18O2.Sn/c2*1-7(5-8(10)11)6-9(2,3)4;/h2*7H,5-6H2,1-4H3,(H,10,11);/q;;+2/p-2. The molecule has 0 heterocycles. The first-order valence-electron chi connectivity index (χ1n) is 8.43. The molecule has 23 heavy (non-hydrogen) atoms. The van der Waals surface area contributed by atoms with Gasteiger partial charge < -0.3 is 0 Å². The fourth-order valence-electron chi connectivity index (χ4n) is 3.00. The molecule has 0 N–H and O–H groups in total. The summed E-state index contributed by atoms with van der Waals surface area (Å²) in [6, 6.07) is 0. The van der Waals surface area contributed by atoms with Crippen molar-refractivity contribution in [3.05, 3.63) is 0 Å². The van der Waals surface area contributed by atoms with E-state index in [2.05, 4.69) is 55.4 Å². The number of rotatable bonds is 8. The molecule has 2 unspecified atom stereocenters. The van der Waals surface area contributed by atoms with Gasteiger partial charge in [0.1, 0.15) is 0 Å². The Balaban J connectivity index is 3.93. The maximum absolute atomic E-state index is 11.8. The molecular formula is C18H34O4Sn. The number of carbonyl (C=O) groups is 2. The van der Waals surface area contributed by atoms with Crippen LogP contribution in [0, 0.1) is 22.7 Å². The molecule has 0 saturated heterocycles. The van der Waals surface area contributed by atoms with Crippen LogP contribution in [0.2, 0.25) is 0 Å². The monoisotopic (exact) mass is 434 g/mol. The molecule has 0 aromatic carbocycles. The molecule has 0 amide bonds. The predicted molar refractivity (Wildman–Crippen MR) is 93.6 cm³/mol. The van der Waals surface area contributed by atoms with Crippen LogP contribution in [-0.2, 0) is 15.7 Å². The molecule has 2 atom stereocenters. The van der Waals surface area contributed by atoms with Crippen molar-refractivity contribution in [2.45, 2.75) is 81.1 Å². The van der Waals surface area contributed by atoms with Crippen molar-refractivity contribution in [3.8, 4) is 0 Å². The molecule has 0 aromatic rings. The molecule has 0 fully saturated rings. The van der Waals surface area contributed by atoms with E-state index in [0.717, 1.165) is 12.8 Å². The van der Waals surface area contributed by atoms with Gasteiger partial charge in [-0.1, -0.05) is 0 Å². The van der Waals surface area contributed by atoms with Crippen LogP contribution in [-0.4, -0.2) is 33.9 Å². The van der Waals surface area contributed by atoms with E-state index in [4.69, 9.17) is 6.15 Å². The number of hydrogen-bond donors (Lipinski definition) is 0. The van der Waals surface area contributed by atoms with Crippen molar-refractivity contribution >= 4 is 33.9 Å². The van der Waals surface area contributed by atoms with E-state index < -0.39 is 22.0 Å². The van der Waals surface area contributed by atoms with E-state index in [1.165, 1.54) is 0 Å². The normalized spacial score (nSPS) is 15.0. The predicted octanol–water partition coefficient (Wildman–Crippen LogP) is 4.53. The summed E-state index contributed by atoms with van der Waals surface area (Å²) in [7, 11) is 0. The minimum atomic E-state index is -1.84. The minimum absolute atomic E-state index is 0.204. The molecule has 4 nitrogen and oxygen atoms in total. The summed E-state index contributed by atoms with van der Waals surface area (Å²) >= 11 is -1.84. The van der Waals surface area contributed by atoms with E-state index in [-0.39, 0.29) is 34.6 Å². The molecule has 0 spiro atoms. The zero-order valence-corrected chi connectivity index (χ0v) is 19.0. The van der Waals surface area contributed by atoms with E-state index in [1.54, 1.807) is 0 Å². The SMILES string of the molecule is CC(CC(=O)[O][Sn][O]C(=O)CC(C)CC(C)(C)C)CC(C)(C)C. The van der Waals surface area contributed by atoms with Crippen LogP contribution in [0.4, 0.5) is 0 Å². The molecule has 0 saturated carbocycles. The summed E-state index contributed by atoms with van der Waals surface area (Å²) in [5.74, 6) is 0.0987. The Morgan fingerprint density at radius 2 is 1.09 bits per heavy atom. The third kappa shape index (κ3) is 15.0. The first-order chi connectivity index (χ1) is 10.3. The van der Waals surface area contributed by atoms with Crippen LogP contribution in [0.15, 0.2) is 0 Å². The van der Waals surface area contributed by atoms with Crippen LogP contribution in [0.25, 0.3) is 0 Å². The van der Waals surface area contributed by atoms with Gasteiger partial charge >= 0.3 is 153 Å². The topological polar surface area (TPSA) is 52.6 Å². The molecule has 134 valence electrons. The molecule has 5 heteroatoms. The van der Waals surface area contributed by atoms with Crippen molar-refractivity contribution in [3.63, 3.8) is 0 Å². The molecule has 0 aliphatic rings. The van der Waals surface area contributed by atoms with Gasteiger partial charge in [-0.15, -0.1) is 0 Å². The zero-order chi connectivity index (χ0) is 18.3. The third-order valence-corrected chi connectivity index (χ3v) is 5.04. The van der Waals surface area contributed by atoms with Crippen LogP contribution in [0.5, 0.6) is 0 Å². The Kier molecular flexibility index (Phi) is 9.78. The van der Waals surface area contributed by atoms with Gasteiger partial charge in [0.25, 0.3) is 0 Å². The Morgan fingerprint density at radius 3 is 1.35 bits per heavy atom. The summed E-state index contributed by atoms with van der Waals surface area (Å²) in [6.45, 7) is 17.1. The molecular weight excluding hydrogens is 399 g/mol. The second kappa shape index (κ2) is 9.90. The van der Waals surface area contributed by atoms with Crippen molar-refractivity contribution in [1.82, 2.24) is 0 Å². The molecule has 0 aliphatic heterocycles. The number of hydrogen-bond acceptors (Lipinski definition) is 4. The van der Waals surface area contributed by atoms with Gasteiger partial charge in [-0.2, -0.15) is 0 Å². The zero-order valence-electron chi connectivity index (χ0n) is 16.1. The van der Waals surface area contributed by atoms with E-state index in [0.29, 0.717) is 12.8 Å². The second-order valence-electron chi connectivity index (χ2n) is 9.18. The Hall–Kier alpha value is -0.261. The van der Waals surface area contributed by atoms with Gasteiger partial charge in [0, 0.05) is 0 Å². The fraction of sp³-hybridized carbons (Fsp3) is 0.889. The molecule has 0 aliphatic carbocycles. The summed E-state index contributed by atoms with van der Waals surface area (Å²) in [5, 5.41) is 0. The van der Waals surface area contributed by atoms with Crippen molar-refractivity contribution in [2.24, 2.45) is 22.7 Å². The van der Waals surface area contributed by atoms with E-state index in [9.17, 15) is 9.59 Å². The third-order valence-electron chi connectivity index (χ3n) is 3.26. The first-order valence-corrected chi connectivity index (χ1v) is 10.8. The van der Waals surface area contributed by atoms with Gasteiger partial charge in [-0.25, -0.2) is 0 Å². The fourth-order valence-corrected chi connectivity index (χ4v) is 4.13. The quantitative estimate of drug-likeness (QED) is 0.528. The van der Waals surface area contributed by atoms with Crippen LogP contribution in [0.1, 0.15) is 81.1 Å². The van der Waals surface area contributed by atoms with Crippen molar-refractivity contribution in [1.29, 1.82) is 0 Å². The van der Waals surface area contributed by atoms with Gasteiger partial charge in [0.05, 0.1) is 0 Å². The van der Waals surface area contributed by atoms with Gasteiger partial charge in [0.15, 0.2) is 0 Å². The summed E-state index contributed by atoms with van der Waals surface area (Å²) in [5.41, 5.74) is 0.407. The molecule has 2 radical (unpaired) electrons. The van der Waals surface area contributed by atoms with Crippen molar-refractivity contribution < 1.29 is 15.7 Å². The van der Waals surface area contributed by atoms with Crippen LogP contribution >= 0.6 is 0 Å². The van der Waals surface area contributed by atoms with E-state index in [1.807, 2.05) is 0 Å².